The minimum absolute atomic E-state index is 0.158. The topological polar surface area (TPSA) is 39.4 Å². The minimum Gasteiger partial charge on any atom is -0.463 e. The molecule has 0 atom stereocenters. The molecule has 0 N–H and O–H groups in total. The number of carbonyl (C=O) groups excluding carboxylic acids is 1. The molecule has 0 aromatic carbocycles. The van der Waals surface area contributed by atoms with Gasteiger partial charge in [0.2, 0.25) is 5.76 Å². The molecule has 3 heteroatoms. The average molecular weight is 196 g/mol. The Morgan fingerprint density at radius 2 is 2.07 bits per heavy atom. The lowest BCUT2D eigenvalue weighted by molar-refractivity contribution is 0.0562. The molecule has 1 aromatic rings. The van der Waals surface area contributed by atoms with E-state index in [1.165, 1.54) is 7.11 Å². The van der Waals surface area contributed by atoms with Gasteiger partial charge in [0.05, 0.1) is 7.11 Å². The van der Waals surface area contributed by atoms with Crippen molar-refractivity contribution in [1.29, 1.82) is 0 Å². The summed E-state index contributed by atoms with van der Waals surface area (Å²) in [5.74, 6) is 0.662. The summed E-state index contributed by atoms with van der Waals surface area (Å²) in [5, 5.41) is 0. The van der Waals surface area contributed by atoms with Crippen LogP contribution in [-0.4, -0.2) is 13.1 Å². The molecular formula is C11H16O3. The molecule has 0 amide bonds. The lowest BCUT2D eigenvalue weighted by Gasteiger charge is -2.15. The molecule has 0 spiro atoms. The third kappa shape index (κ3) is 2.91. The van der Waals surface area contributed by atoms with Gasteiger partial charge in [0, 0.05) is 6.42 Å². The van der Waals surface area contributed by atoms with Gasteiger partial charge in [0.15, 0.2) is 0 Å². The number of esters is 1. The van der Waals surface area contributed by atoms with E-state index in [1.54, 1.807) is 6.07 Å². The van der Waals surface area contributed by atoms with Gasteiger partial charge in [-0.15, -0.1) is 0 Å². The van der Waals surface area contributed by atoms with Crippen LogP contribution in [0, 0.1) is 5.41 Å². The van der Waals surface area contributed by atoms with Crippen LogP contribution in [0.15, 0.2) is 16.5 Å². The third-order valence-corrected chi connectivity index (χ3v) is 1.75. The monoisotopic (exact) mass is 196 g/mol. The second-order valence-electron chi connectivity index (χ2n) is 4.49. The van der Waals surface area contributed by atoms with Gasteiger partial charge in [-0.05, 0) is 17.5 Å². The van der Waals surface area contributed by atoms with Crippen molar-refractivity contribution in [2.24, 2.45) is 5.41 Å². The summed E-state index contributed by atoms with van der Waals surface area (Å²) in [6, 6.07) is 3.46. The fourth-order valence-electron chi connectivity index (χ4n) is 1.21. The van der Waals surface area contributed by atoms with E-state index in [0.29, 0.717) is 0 Å². The molecule has 1 rings (SSSR count). The molecule has 0 aliphatic carbocycles. The van der Waals surface area contributed by atoms with Crippen LogP contribution in [0.1, 0.15) is 37.1 Å². The largest absolute Gasteiger partial charge is 0.463 e. The van der Waals surface area contributed by atoms with Crippen LogP contribution < -0.4 is 0 Å². The number of rotatable bonds is 2. The normalized spacial score (nSPS) is 11.4. The second kappa shape index (κ2) is 3.86. The van der Waals surface area contributed by atoms with E-state index in [1.807, 2.05) is 6.07 Å². The maximum atomic E-state index is 11.1. The fourth-order valence-corrected chi connectivity index (χ4v) is 1.21. The van der Waals surface area contributed by atoms with E-state index in [4.69, 9.17) is 4.42 Å². The van der Waals surface area contributed by atoms with Crippen LogP contribution in [0.4, 0.5) is 0 Å². The quantitative estimate of drug-likeness (QED) is 0.682. The first-order valence-corrected chi connectivity index (χ1v) is 4.59. The summed E-state index contributed by atoms with van der Waals surface area (Å²) < 4.78 is 9.88. The third-order valence-electron chi connectivity index (χ3n) is 1.75. The smallest absolute Gasteiger partial charge is 0.373 e. The molecule has 0 aliphatic rings. The van der Waals surface area contributed by atoms with Gasteiger partial charge < -0.3 is 9.15 Å². The minimum atomic E-state index is -0.426. The highest BCUT2D eigenvalue weighted by molar-refractivity contribution is 5.86. The molecule has 0 unspecified atom stereocenters. The molecule has 0 saturated heterocycles. The predicted octanol–water partition coefficient (Wildman–Crippen LogP) is 2.65. The van der Waals surface area contributed by atoms with Crippen molar-refractivity contribution in [3.8, 4) is 0 Å². The van der Waals surface area contributed by atoms with Crippen molar-refractivity contribution in [2.75, 3.05) is 7.11 Å². The number of hydrogen-bond acceptors (Lipinski definition) is 3. The van der Waals surface area contributed by atoms with Crippen LogP contribution in [0.3, 0.4) is 0 Å². The summed E-state index contributed by atoms with van der Waals surface area (Å²) in [5.41, 5.74) is 0.158. The van der Waals surface area contributed by atoms with Crippen molar-refractivity contribution in [3.05, 3.63) is 23.7 Å². The molecule has 0 aliphatic heterocycles. The zero-order valence-corrected chi connectivity index (χ0v) is 9.09. The number of furan rings is 1. The summed E-state index contributed by atoms with van der Waals surface area (Å²) in [7, 11) is 1.34. The SMILES string of the molecule is COC(=O)c1ccc(CC(C)(C)C)o1. The van der Waals surface area contributed by atoms with E-state index in [-0.39, 0.29) is 11.2 Å². The van der Waals surface area contributed by atoms with Crippen molar-refractivity contribution < 1.29 is 13.9 Å². The van der Waals surface area contributed by atoms with Gasteiger partial charge in [-0.1, -0.05) is 20.8 Å². The van der Waals surface area contributed by atoms with Crippen LogP contribution in [0.5, 0.6) is 0 Å². The molecular weight excluding hydrogens is 180 g/mol. The van der Waals surface area contributed by atoms with E-state index in [9.17, 15) is 4.79 Å². The Morgan fingerprint density at radius 3 is 2.57 bits per heavy atom. The first-order chi connectivity index (χ1) is 6.42. The molecule has 1 aromatic heterocycles. The fraction of sp³-hybridized carbons (Fsp3) is 0.545. The molecule has 14 heavy (non-hydrogen) atoms. The molecule has 0 fully saturated rings. The van der Waals surface area contributed by atoms with E-state index in [0.717, 1.165) is 12.2 Å². The van der Waals surface area contributed by atoms with Crippen molar-refractivity contribution in [2.45, 2.75) is 27.2 Å². The van der Waals surface area contributed by atoms with Crippen LogP contribution in [0.2, 0.25) is 0 Å². The number of methoxy groups -OCH3 is 1. The van der Waals surface area contributed by atoms with Gasteiger partial charge in [0.25, 0.3) is 0 Å². The summed E-state index contributed by atoms with van der Waals surface area (Å²) in [6.07, 6.45) is 0.810. The summed E-state index contributed by atoms with van der Waals surface area (Å²) in [4.78, 5) is 11.1. The lowest BCUT2D eigenvalue weighted by atomic mass is 9.91. The summed E-state index contributed by atoms with van der Waals surface area (Å²) in [6.45, 7) is 6.36. The number of ether oxygens (including phenoxy) is 1. The maximum Gasteiger partial charge on any atom is 0.373 e. The maximum absolute atomic E-state index is 11.1. The second-order valence-corrected chi connectivity index (χ2v) is 4.49. The molecule has 0 radical (unpaired) electrons. The van der Waals surface area contributed by atoms with Crippen molar-refractivity contribution in [3.63, 3.8) is 0 Å². The highest BCUT2D eigenvalue weighted by Gasteiger charge is 2.16. The average Bonchev–Trinajstić information content (AvgIpc) is 2.48. The summed E-state index contributed by atoms with van der Waals surface area (Å²) >= 11 is 0. The van der Waals surface area contributed by atoms with Crippen LogP contribution >= 0.6 is 0 Å². The first kappa shape index (κ1) is 10.8. The highest BCUT2D eigenvalue weighted by Crippen LogP contribution is 2.22. The molecule has 1 heterocycles. The first-order valence-electron chi connectivity index (χ1n) is 4.59. The highest BCUT2D eigenvalue weighted by atomic mass is 16.5. The van der Waals surface area contributed by atoms with Crippen LogP contribution in [0.25, 0.3) is 0 Å². The Balaban J connectivity index is 2.74. The van der Waals surface area contributed by atoms with E-state index >= 15 is 0 Å². The standard InChI is InChI=1S/C11H16O3/c1-11(2,3)7-8-5-6-9(14-8)10(12)13-4/h5-6H,7H2,1-4H3. The zero-order chi connectivity index (χ0) is 10.8. The Morgan fingerprint density at radius 1 is 1.43 bits per heavy atom. The van der Waals surface area contributed by atoms with Gasteiger partial charge in [0.1, 0.15) is 5.76 Å². The molecule has 0 bridgehead atoms. The molecule has 3 nitrogen and oxygen atoms in total. The predicted molar refractivity (Wildman–Crippen MR) is 53.2 cm³/mol. The van der Waals surface area contributed by atoms with Crippen molar-refractivity contribution in [1.82, 2.24) is 0 Å². The van der Waals surface area contributed by atoms with Gasteiger partial charge in [-0.3, -0.25) is 0 Å². The van der Waals surface area contributed by atoms with E-state index < -0.39 is 5.97 Å². The lowest BCUT2D eigenvalue weighted by Crippen LogP contribution is -2.08. The van der Waals surface area contributed by atoms with Crippen molar-refractivity contribution >= 4 is 5.97 Å². The van der Waals surface area contributed by atoms with E-state index in [2.05, 4.69) is 25.5 Å². The molecule has 78 valence electrons. The number of carbonyl (C=O) groups is 1. The van der Waals surface area contributed by atoms with Gasteiger partial charge >= 0.3 is 5.97 Å². The van der Waals surface area contributed by atoms with Crippen LogP contribution in [-0.2, 0) is 11.2 Å². The van der Waals surface area contributed by atoms with Gasteiger partial charge in [-0.2, -0.15) is 0 Å². The zero-order valence-electron chi connectivity index (χ0n) is 9.09. The Bertz CT molecular complexity index is 318. The molecule has 0 saturated carbocycles. The Kier molecular flexibility index (Phi) is 2.99. The number of hydrogen-bond donors (Lipinski definition) is 0. The Labute approximate surface area is 84.1 Å². The Hall–Kier alpha value is -1.25. The van der Waals surface area contributed by atoms with Gasteiger partial charge in [-0.25, -0.2) is 4.79 Å².